The molecule has 0 saturated heterocycles. The van der Waals surface area contributed by atoms with Gasteiger partial charge in [-0.25, -0.2) is 0 Å². The summed E-state index contributed by atoms with van der Waals surface area (Å²) >= 11 is 0. The van der Waals surface area contributed by atoms with Crippen LogP contribution >= 0.6 is 0 Å². The second kappa shape index (κ2) is 6.59. The second-order valence-electron chi connectivity index (χ2n) is 4.40. The van der Waals surface area contributed by atoms with Gasteiger partial charge in [-0.15, -0.1) is 0 Å². The summed E-state index contributed by atoms with van der Waals surface area (Å²) in [6.45, 7) is 1.96. The van der Waals surface area contributed by atoms with Crippen LogP contribution in [0.3, 0.4) is 0 Å². The lowest BCUT2D eigenvalue weighted by Gasteiger charge is -2.14. The Kier molecular flexibility index (Phi) is 4.56. The summed E-state index contributed by atoms with van der Waals surface area (Å²) in [5, 5.41) is 3.26. The van der Waals surface area contributed by atoms with Gasteiger partial charge in [-0.2, -0.15) is 0 Å². The molecule has 0 saturated carbocycles. The first kappa shape index (κ1) is 13.1. The predicted molar refractivity (Wildman–Crippen MR) is 76.2 cm³/mol. The van der Waals surface area contributed by atoms with E-state index < -0.39 is 0 Å². The molecule has 0 spiro atoms. The Morgan fingerprint density at radius 1 is 1.05 bits per heavy atom. The zero-order valence-corrected chi connectivity index (χ0v) is 10.9. The van der Waals surface area contributed by atoms with Crippen LogP contribution in [0.15, 0.2) is 60.7 Å². The van der Waals surface area contributed by atoms with Crippen molar-refractivity contribution < 1.29 is 9.53 Å². The van der Waals surface area contributed by atoms with Crippen molar-refractivity contribution in [3.63, 3.8) is 0 Å². The monoisotopic (exact) mass is 255 g/mol. The van der Waals surface area contributed by atoms with Crippen LogP contribution in [0.2, 0.25) is 0 Å². The van der Waals surface area contributed by atoms with Crippen molar-refractivity contribution in [1.29, 1.82) is 0 Å². The van der Waals surface area contributed by atoms with Crippen LogP contribution in [0.4, 0.5) is 5.69 Å². The lowest BCUT2D eigenvalue weighted by molar-refractivity contribution is -0.134. The number of carbonyl (C=O) groups excluding carboxylic acids is 1. The fourth-order valence-corrected chi connectivity index (χ4v) is 1.78. The number of benzene rings is 2. The molecule has 2 rings (SSSR count). The molecule has 0 fully saturated rings. The Hall–Kier alpha value is -2.29. The number of esters is 1. The molecule has 1 unspecified atom stereocenters. The number of hydrogen-bond donors (Lipinski definition) is 1. The Labute approximate surface area is 113 Å². The molecule has 0 aliphatic carbocycles. The molecule has 0 aliphatic heterocycles. The summed E-state index contributed by atoms with van der Waals surface area (Å²) in [5.74, 6) is 0.349. The highest BCUT2D eigenvalue weighted by Crippen LogP contribution is 2.12. The summed E-state index contributed by atoms with van der Waals surface area (Å²) in [4.78, 5) is 11.8. The summed E-state index contributed by atoms with van der Waals surface area (Å²) in [6, 6.07) is 18.9. The molecular formula is C16H17NO2. The van der Waals surface area contributed by atoms with E-state index in [2.05, 4.69) is 5.32 Å². The summed E-state index contributed by atoms with van der Waals surface area (Å²) < 4.78 is 5.24. The standard InChI is InChI=1S/C16H17NO2/c1-13(17-14-8-4-2-5-9-14)12-16(18)19-15-10-6-3-7-11-15/h2-11,13,17H,12H2,1H3. The zero-order chi connectivity index (χ0) is 13.5. The predicted octanol–water partition coefficient (Wildman–Crippen LogP) is 3.48. The lowest BCUT2D eigenvalue weighted by Crippen LogP contribution is -2.22. The number of ether oxygens (including phenoxy) is 1. The maximum Gasteiger partial charge on any atom is 0.313 e. The fraction of sp³-hybridized carbons (Fsp3) is 0.188. The van der Waals surface area contributed by atoms with Crippen LogP contribution in [-0.2, 0) is 4.79 Å². The molecule has 0 radical (unpaired) electrons. The molecule has 1 N–H and O–H groups in total. The molecule has 3 nitrogen and oxygen atoms in total. The molecule has 0 amide bonds. The Morgan fingerprint density at radius 2 is 1.63 bits per heavy atom. The van der Waals surface area contributed by atoms with Crippen LogP contribution in [0.25, 0.3) is 0 Å². The van der Waals surface area contributed by atoms with E-state index in [0.29, 0.717) is 12.2 Å². The molecule has 2 aromatic carbocycles. The minimum absolute atomic E-state index is 0.0265. The maximum absolute atomic E-state index is 11.8. The first-order chi connectivity index (χ1) is 9.24. The Morgan fingerprint density at radius 3 is 2.26 bits per heavy atom. The lowest BCUT2D eigenvalue weighted by atomic mass is 10.2. The van der Waals surface area contributed by atoms with Crippen LogP contribution < -0.4 is 10.1 Å². The van der Waals surface area contributed by atoms with Crippen molar-refractivity contribution in [2.24, 2.45) is 0 Å². The zero-order valence-electron chi connectivity index (χ0n) is 10.9. The van der Waals surface area contributed by atoms with Crippen molar-refractivity contribution in [3.8, 4) is 5.75 Å². The van der Waals surface area contributed by atoms with Gasteiger partial charge in [0.15, 0.2) is 0 Å². The first-order valence-corrected chi connectivity index (χ1v) is 6.31. The van der Waals surface area contributed by atoms with Crippen molar-refractivity contribution in [1.82, 2.24) is 0 Å². The highest BCUT2D eigenvalue weighted by molar-refractivity contribution is 5.73. The molecule has 19 heavy (non-hydrogen) atoms. The van der Waals surface area contributed by atoms with Gasteiger partial charge in [0.05, 0.1) is 6.42 Å². The molecule has 1 atom stereocenters. The summed E-state index contributed by atoms with van der Waals surface area (Å²) in [6.07, 6.45) is 0.323. The normalized spacial score (nSPS) is 11.6. The van der Waals surface area contributed by atoms with Gasteiger partial charge in [-0.3, -0.25) is 4.79 Å². The summed E-state index contributed by atoms with van der Waals surface area (Å²) in [5.41, 5.74) is 1.00. The molecule has 0 aliphatic rings. The van der Waals surface area contributed by atoms with Crippen molar-refractivity contribution in [2.45, 2.75) is 19.4 Å². The average molecular weight is 255 g/mol. The maximum atomic E-state index is 11.8. The van der Waals surface area contributed by atoms with Gasteiger partial charge in [0.25, 0.3) is 0 Å². The van der Waals surface area contributed by atoms with Gasteiger partial charge in [0.2, 0.25) is 0 Å². The fourth-order valence-electron chi connectivity index (χ4n) is 1.78. The quantitative estimate of drug-likeness (QED) is 0.656. The summed E-state index contributed by atoms with van der Waals surface area (Å²) in [7, 11) is 0. The van der Waals surface area contributed by atoms with Crippen LogP contribution in [0.5, 0.6) is 5.75 Å². The van der Waals surface area contributed by atoms with Gasteiger partial charge in [0.1, 0.15) is 5.75 Å². The molecule has 0 aromatic heterocycles. The minimum Gasteiger partial charge on any atom is -0.426 e. The second-order valence-corrected chi connectivity index (χ2v) is 4.40. The van der Waals surface area contributed by atoms with Crippen molar-refractivity contribution in [2.75, 3.05) is 5.32 Å². The van der Waals surface area contributed by atoms with Crippen molar-refractivity contribution in [3.05, 3.63) is 60.7 Å². The highest BCUT2D eigenvalue weighted by Gasteiger charge is 2.10. The average Bonchev–Trinajstić information content (AvgIpc) is 2.40. The Bertz CT molecular complexity index is 511. The number of para-hydroxylation sites is 2. The van der Waals surface area contributed by atoms with Crippen LogP contribution in [-0.4, -0.2) is 12.0 Å². The number of nitrogens with one attached hydrogen (secondary N) is 1. The number of hydrogen-bond acceptors (Lipinski definition) is 3. The van der Waals surface area contributed by atoms with Gasteiger partial charge in [0, 0.05) is 11.7 Å². The SMILES string of the molecule is CC(CC(=O)Oc1ccccc1)Nc1ccccc1. The van der Waals surface area contributed by atoms with Gasteiger partial charge >= 0.3 is 5.97 Å². The van der Waals surface area contributed by atoms with E-state index in [-0.39, 0.29) is 12.0 Å². The van der Waals surface area contributed by atoms with Crippen LogP contribution in [0, 0.1) is 0 Å². The van der Waals surface area contributed by atoms with E-state index in [1.807, 2.05) is 55.5 Å². The highest BCUT2D eigenvalue weighted by atomic mass is 16.5. The molecule has 0 heterocycles. The first-order valence-electron chi connectivity index (χ1n) is 6.31. The van der Waals surface area contributed by atoms with E-state index in [4.69, 9.17) is 4.74 Å². The largest absolute Gasteiger partial charge is 0.426 e. The molecule has 0 bridgehead atoms. The van der Waals surface area contributed by atoms with Gasteiger partial charge in [-0.05, 0) is 31.2 Å². The van der Waals surface area contributed by atoms with E-state index >= 15 is 0 Å². The minimum atomic E-state index is -0.234. The molecule has 2 aromatic rings. The Balaban J connectivity index is 1.82. The third kappa shape index (κ3) is 4.47. The van der Waals surface area contributed by atoms with E-state index in [1.54, 1.807) is 12.1 Å². The number of anilines is 1. The van der Waals surface area contributed by atoms with Gasteiger partial charge < -0.3 is 10.1 Å². The number of rotatable bonds is 5. The van der Waals surface area contributed by atoms with E-state index in [9.17, 15) is 4.79 Å². The topological polar surface area (TPSA) is 38.3 Å². The molecule has 3 heteroatoms. The molecular weight excluding hydrogens is 238 g/mol. The number of carbonyl (C=O) groups is 1. The van der Waals surface area contributed by atoms with Crippen molar-refractivity contribution >= 4 is 11.7 Å². The third-order valence-electron chi connectivity index (χ3n) is 2.63. The van der Waals surface area contributed by atoms with Crippen LogP contribution in [0.1, 0.15) is 13.3 Å². The third-order valence-corrected chi connectivity index (χ3v) is 2.63. The van der Waals surface area contributed by atoms with Gasteiger partial charge in [-0.1, -0.05) is 36.4 Å². The van der Waals surface area contributed by atoms with E-state index in [1.165, 1.54) is 0 Å². The molecule has 98 valence electrons. The smallest absolute Gasteiger partial charge is 0.313 e. The van der Waals surface area contributed by atoms with E-state index in [0.717, 1.165) is 5.69 Å².